The van der Waals surface area contributed by atoms with E-state index in [1.165, 1.54) is 17.8 Å². The van der Waals surface area contributed by atoms with Crippen LogP contribution in [0, 0.1) is 0 Å². The van der Waals surface area contributed by atoms with Gasteiger partial charge in [0.15, 0.2) is 0 Å². The molecule has 3 rings (SSSR count). The number of carbonyl (C=O) groups is 1. The molecule has 1 unspecified atom stereocenters. The molecule has 1 amide bonds. The van der Waals surface area contributed by atoms with Crippen molar-refractivity contribution in [3.8, 4) is 0 Å². The molecular weight excluding hydrogens is 309 g/mol. The van der Waals surface area contributed by atoms with Gasteiger partial charge < -0.3 is 14.2 Å². The highest BCUT2D eigenvalue weighted by molar-refractivity contribution is 7.13. The van der Waals surface area contributed by atoms with Crippen LogP contribution in [0.3, 0.4) is 0 Å². The fourth-order valence-corrected chi connectivity index (χ4v) is 3.97. The summed E-state index contributed by atoms with van der Waals surface area (Å²) in [6.45, 7) is 11.2. The van der Waals surface area contributed by atoms with Crippen molar-refractivity contribution in [2.24, 2.45) is 0 Å². The Bertz CT molecular complexity index is 582. The van der Waals surface area contributed by atoms with Crippen molar-refractivity contribution in [3.05, 3.63) is 16.3 Å². The van der Waals surface area contributed by atoms with Gasteiger partial charge in [0.1, 0.15) is 0 Å². The number of rotatable bonds is 2. The highest BCUT2D eigenvalue weighted by Crippen LogP contribution is 2.36. The summed E-state index contributed by atoms with van der Waals surface area (Å²) in [7, 11) is -0.392. The summed E-state index contributed by atoms with van der Waals surface area (Å²) in [5, 5.41) is 1.99. The minimum absolute atomic E-state index is 0.143. The molecule has 1 aromatic heterocycles. The molecule has 4 nitrogen and oxygen atoms in total. The molecule has 0 spiro atoms. The van der Waals surface area contributed by atoms with Crippen LogP contribution in [0.1, 0.15) is 63.6 Å². The van der Waals surface area contributed by atoms with Gasteiger partial charge in [0.2, 0.25) is 0 Å². The van der Waals surface area contributed by atoms with Crippen molar-refractivity contribution in [3.63, 3.8) is 0 Å². The van der Waals surface area contributed by atoms with Crippen molar-refractivity contribution in [1.82, 2.24) is 4.90 Å². The number of amides is 1. The highest BCUT2D eigenvalue weighted by atomic mass is 32.1. The molecule has 1 atom stereocenters. The second kappa shape index (κ2) is 5.90. The van der Waals surface area contributed by atoms with E-state index in [9.17, 15) is 4.79 Å². The molecule has 2 aliphatic rings. The largest absolute Gasteiger partial charge is 0.495 e. The Morgan fingerprint density at radius 3 is 2.52 bits per heavy atom. The second-order valence-electron chi connectivity index (χ2n) is 7.68. The fraction of sp³-hybridized carbons (Fsp3) is 0.706. The van der Waals surface area contributed by atoms with E-state index in [0.29, 0.717) is 6.04 Å². The van der Waals surface area contributed by atoms with Crippen LogP contribution in [0.5, 0.6) is 0 Å². The topological polar surface area (TPSA) is 38.8 Å². The average Bonchev–Trinajstić information content (AvgIpc) is 3.02. The van der Waals surface area contributed by atoms with E-state index >= 15 is 0 Å². The third kappa shape index (κ3) is 3.09. The number of hydrogen-bond acceptors (Lipinski definition) is 4. The van der Waals surface area contributed by atoms with Gasteiger partial charge in [-0.05, 0) is 70.8 Å². The fourth-order valence-electron chi connectivity index (χ4n) is 3.11. The van der Waals surface area contributed by atoms with E-state index < -0.39 is 7.12 Å². The zero-order chi connectivity index (χ0) is 16.8. The van der Waals surface area contributed by atoms with E-state index in [4.69, 9.17) is 9.31 Å². The Labute approximate surface area is 143 Å². The molecule has 0 aliphatic carbocycles. The molecule has 3 heterocycles. The highest BCUT2D eigenvalue weighted by Gasteiger charge is 2.52. The van der Waals surface area contributed by atoms with Gasteiger partial charge in [-0.25, -0.2) is 0 Å². The second-order valence-corrected chi connectivity index (χ2v) is 8.59. The Kier molecular flexibility index (Phi) is 4.36. The molecule has 0 bridgehead atoms. The normalized spacial score (nSPS) is 26.6. The zero-order valence-corrected chi connectivity index (χ0v) is 15.5. The van der Waals surface area contributed by atoms with E-state index in [2.05, 4.69) is 6.92 Å². The SMILES string of the molecule is CC1CCCCN1C(=O)c1cc(B2OC(C)(C)C(C)(C)O2)cs1. The molecule has 23 heavy (non-hydrogen) atoms. The summed E-state index contributed by atoms with van der Waals surface area (Å²) in [6, 6.07) is 2.27. The number of thiophene rings is 1. The minimum atomic E-state index is -0.392. The number of likely N-dealkylation sites (tertiary alicyclic amines) is 1. The smallest absolute Gasteiger partial charge is 0.399 e. The number of nitrogens with zero attached hydrogens (tertiary/aromatic N) is 1. The summed E-state index contributed by atoms with van der Waals surface area (Å²) in [5.41, 5.74) is 0.234. The van der Waals surface area contributed by atoms with E-state index in [0.717, 1.165) is 29.7 Å². The number of carbonyl (C=O) groups excluding carboxylic acids is 1. The molecule has 0 radical (unpaired) electrons. The molecule has 2 fully saturated rings. The monoisotopic (exact) mass is 335 g/mol. The van der Waals surface area contributed by atoms with Gasteiger partial charge >= 0.3 is 7.12 Å². The van der Waals surface area contributed by atoms with E-state index in [1.54, 1.807) is 0 Å². The third-order valence-corrected chi connectivity index (χ3v) is 6.36. The first-order valence-corrected chi connectivity index (χ1v) is 9.34. The summed E-state index contributed by atoms with van der Waals surface area (Å²) in [4.78, 5) is 15.5. The lowest BCUT2D eigenvalue weighted by atomic mass is 9.81. The number of hydrogen-bond donors (Lipinski definition) is 0. The molecule has 0 N–H and O–H groups in total. The molecule has 2 aliphatic heterocycles. The van der Waals surface area contributed by atoms with Gasteiger partial charge in [-0.2, -0.15) is 0 Å². The van der Waals surface area contributed by atoms with Crippen molar-refractivity contribution in [1.29, 1.82) is 0 Å². The Morgan fingerprint density at radius 1 is 1.26 bits per heavy atom. The molecular formula is C17H26BNO3S. The van der Waals surface area contributed by atoms with Crippen molar-refractivity contribution in [2.75, 3.05) is 6.54 Å². The maximum atomic E-state index is 12.7. The first-order chi connectivity index (χ1) is 10.7. The maximum absolute atomic E-state index is 12.7. The first-order valence-electron chi connectivity index (χ1n) is 8.46. The predicted octanol–water partition coefficient (Wildman–Crippen LogP) is 3.06. The van der Waals surface area contributed by atoms with Crippen LogP contribution in [-0.4, -0.2) is 41.7 Å². The number of piperidine rings is 1. The Hall–Kier alpha value is -0.845. The van der Waals surface area contributed by atoms with Crippen LogP contribution in [0.4, 0.5) is 0 Å². The molecule has 6 heteroatoms. The van der Waals surface area contributed by atoms with Crippen LogP contribution >= 0.6 is 11.3 Å². The van der Waals surface area contributed by atoms with Crippen LogP contribution in [0.25, 0.3) is 0 Å². The Balaban J connectivity index is 1.75. The predicted molar refractivity (Wildman–Crippen MR) is 94.4 cm³/mol. The van der Waals surface area contributed by atoms with E-state index in [1.807, 2.05) is 44.0 Å². The van der Waals surface area contributed by atoms with Gasteiger partial charge in [-0.1, -0.05) is 0 Å². The Morgan fingerprint density at radius 2 is 1.91 bits per heavy atom. The molecule has 2 saturated heterocycles. The van der Waals surface area contributed by atoms with Gasteiger partial charge in [0.25, 0.3) is 5.91 Å². The molecule has 1 aromatic rings. The summed E-state index contributed by atoms with van der Waals surface area (Å²) in [6.07, 6.45) is 3.42. The van der Waals surface area contributed by atoms with Crippen molar-refractivity contribution >= 4 is 29.8 Å². The first kappa shape index (κ1) is 17.0. The lowest BCUT2D eigenvalue weighted by molar-refractivity contribution is 0.00578. The molecule has 0 saturated carbocycles. The van der Waals surface area contributed by atoms with Gasteiger partial charge in [0, 0.05) is 12.6 Å². The molecule has 0 aromatic carbocycles. The van der Waals surface area contributed by atoms with Crippen LogP contribution in [0.15, 0.2) is 11.4 Å². The van der Waals surface area contributed by atoms with Crippen LogP contribution in [0.2, 0.25) is 0 Å². The quantitative estimate of drug-likeness (QED) is 0.780. The summed E-state index contributed by atoms with van der Waals surface area (Å²) < 4.78 is 12.1. The zero-order valence-electron chi connectivity index (χ0n) is 14.7. The average molecular weight is 335 g/mol. The van der Waals surface area contributed by atoms with E-state index in [-0.39, 0.29) is 17.1 Å². The summed E-state index contributed by atoms with van der Waals surface area (Å²) >= 11 is 1.49. The lowest BCUT2D eigenvalue weighted by Crippen LogP contribution is -2.42. The lowest BCUT2D eigenvalue weighted by Gasteiger charge is -2.33. The minimum Gasteiger partial charge on any atom is -0.399 e. The van der Waals surface area contributed by atoms with Gasteiger partial charge in [-0.15, -0.1) is 11.3 Å². The molecule has 126 valence electrons. The summed E-state index contributed by atoms with van der Waals surface area (Å²) in [5.74, 6) is 0.143. The third-order valence-electron chi connectivity index (χ3n) is 5.42. The van der Waals surface area contributed by atoms with Crippen molar-refractivity contribution < 1.29 is 14.1 Å². The standard InChI is InChI=1S/C17H26BNO3S/c1-12-8-6-7-9-19(12)15(20)14-10-13(11-23-14)18-21-16(2,3)17(4,5)22-18/h10-12H,6-9H2,1-5H3. The van der Waals surface area contributed by atoms with Gasteiger partial charge in [0.05, 0.1) is 16.1 Å². The van der Waals surface area contributed by atoms with Gasteiger partial charge in [-0.3, -0.25) is 4.79 Å². The maximum Gasteiger partial charge on any atom is 0.495 e. The van der Waals surface area contributed by atoms with Crippen LogP contribution < -0.4 is 5.46 Å². The van der Waals surface area contributed by atoms with Crippen molar-refractivity contribution in [2.45, 2.75) is 71.1 Å². The van der Waals surface area contributed by atoms with Crippen LogP contribution in [-0.2, 0) is 9.31 Å².